The van der Waals surface area contributed by atoms with E-state index in [2.05, 4.69) is 26.3 Å². The van der Waals surface area contributed by atoms with Gasteiger partial charge >= 0.3 is 0 Å². The molecule has 5 nitrogen and oxygen atoms in total. The summed E-state index contributed by atoms with van der Waals surface area (Å²) in [6.07, 6.45) is 2.67. The monoisotopic (exact) mass is 233 g/mol. The van der Waals surface area contributed by atoms with E-state index >= 15 is 0 Å². The van der Waals surface area contributed by atoms with Gasteiger partial charge in [-0.15, -0.1) is 0 Å². The molecule has 3 heterocycles. The molecular weight excluding hydrogens is 214 g/mol. The second kappa shape index (κ2) is 4.50. The van der Waals surface area contributed by atoms with Crippen LogP contribution in [0, 0.1) is 0 Å². The molecule has 2 aliphatic heterocycles. The Labute approximate surface area is 102 Å². The van der Waals surface area contributed by atoms with Crippen LogP contribution in [0.5, 0.6) is 0 Å². The lowest BCUT2D eigenvalue weighted by molar-refractivity contribution is 0.230. The van der Waals surface area contributed by atoms with Crippen LogP contribution in [0.15, 0.2) is 18.2 Å². The second-order valence-electron chi connectivity index (χ2n) is 4.80. The highest BCUT2D eigenvalue weighted by molar-refractivity contribution is 5.47. The van der Waals surface area contributed by atoms with Crippen molar-refractivity contribution in [3.05, 3.63) is 18.2 Å². The van der Waals surface area contributed by atoms with Gasteiger partial charge in [-0.05, 0) is 31.5 Å². The highest BCUT2D eigenvalue weighted by Crippen LogP contribution is 2.24. The zero-order chi connectivity index (χ0) is 11.7. The largest absolute Gasteiger partial charge is 0.354 e. The lowest BCUT2D eigenvalue weighted by atomic mass is 10.1. The fraction of sp³-hybridized carbons (Fsp3) is 0.583. The number of nitrogens with one attached hydrogen (secondary N) is 1. The van der Waals surface area contributed by atoms with Crippen LogP contribution in [-0.4, -0.2) is 42.1 Å². The Balaban J connectivity index is 1.75. The quantitative estimate of drug-likeness (QED) is 0.580. The number of hydrogen-bond donors (Lipinski definition) is 2. The average molecular weight is 233 g/mol. The first-order valence-corrected chi connectivity index (χ1v) is 6.29. The van der Waals surface area contributed by atoms with E-state index in [1.165, 1.54) is 19.4 Å². The lowest BCUT2D eigenvalue weighted by Gasteiger charge is -2.38. The Morgan fingerprint density at radius 2 is 2.24 bits per heavy atom. The minimum atomic E-state index is 0.722. The first-order valence-electron chi connectivity index (χ1n) is 6.29. The van der Waals surface area contributed by atoms with Crippen LogP contribution in [0.1, 0.15) is 12.8 Å². The normalized spacial score (nSPS) is 24.8. The zero-order valence-electron chi connectivity index (χ0n) is 9.97. The number of hydrazine groups is 1. The van der Waals surface area contributed by atoms with Gasteiger partial charge in [-0.3, -0.25) is 4.90 Å². The van der Waals surface area contributed by atoms with Crippen LogP contribution < -0.4 is 16.2 Å². The SMILES string of the molecule is NNc1cccc(N2CCN3CCCC3C2)n1. The third-order valence-electron chi connectivity index (χ3n) is 3.79. The highest BCUT2D eigenvalue weighted by atomic mass is 15.3. The van der Waals surface area contributed by atoms with Crippen molar-refractivity contribution >= 4 is 11.6 Å². The average Bonchev–Trinajstić information content (AvgIpc) is 2.86. The lowest BCUT2D eigenvalue weighted by Crippen LogP contribution is -2.50. The van der Waals surface area contributed by atoms with E-state index in [1.807, 2.05) is 12.1 Å². The summed E-state index contributed by atoms with van der Waals surface area (Å²) in [6.45, 7) is 4.60. The first-order chi connectivity index (χ1) is 8.36. The van der Waals surface area contributed by atoms with Crippen LogP contribution in [0.4, 0.5) is 11.6 Å². The number of anilines is 2. The molecule has 3 N–H and O–H groups in total. The predicted octanol–water partition coefficient (Wildman–Crippen LogP) is 0.652. The molecule has 0 saturated carbocycles. The predicted molar refractivity (Wildman–Crippen MR) is 68.9 cm³/mol. The van der Waals surface area contributed by atoms with Crippen molar-refractivity contribution in [3.63, 3.8) is 0 Å². The van der Waals surface area contributed by atoms with Crippen LogP contribution in [0.3, 0.4) is 0 Å². The summed E-state index contributed by atoms with van der Waals surface area (Å²) in [4.78, 5) is 9.47. The van der Waals surface area contributed by atoms with Crippen LogP contribution in [-0.2, 0) is 0 Å². The molecule has 5 heteroatoms. The number of nitrogen functional groups attached to an aromatic ring is 1. The smallest absolute Gasteiger partial charge is 0.142 e. The fourth-order valence-electron chi connectivity index (χ4n) is 2.88. The molecule has 17 heavy (non-hydrogen) atoms. The highest BCUT2D eigenvalue weighted by Gasteiger charge is 2.30. The molecule has 0 amide bonds. The summed E-state index contributed by atoms with van der Waals surface area (Å²) >= 11 is 0. The molecule has 2 aliphatic rings. The number of nitrogens with zero attached hydrogens (tertiary/aromatic N) is 3. The Hall–Kier alpha value is -1.33. The number of nitrogens with two attached hydrogens (primary N) is 1. The first kappa shape index (κ1) is 10.8. The van der Waals surface area contributed by atoms with Crippen molar-refractivity contribution in [2.24, 2.45) is 5.84 Å². The molecule has 0 spiro atoms. The van der Waals surface area contributed by atoms with Crippen LogP contribution >= 0.6 is 0 Å². The van der Waals surface area contributed by atoms with Crippen molar-refractivity contribution < 1.29 is 0 Å². The van der Waals surface area contributed by atoms with E-state index in [4.69, 9.17) is 5.84 Å². The van der Waals surface area contributed by atoms with Crippen LogP contribution in [0.2, 0.25) is 0 Å². The van der Waals surface area contributed by atoms with E-state index in [1.54, 1.807) is 0 Å². The van der Waals surface area contributed by atoms with Gasteiger partial charge in [0.1, 0.15) is 11.6 Å². The van der Waals surface area contributed by atoms with Crippen molar-refractivity contribution in [3.8, 4) is 0 Å². The zero-order valence-corrected chi connectivity index (χ0v) is 9.97. The molecular formula is C12H19N5. The molecule has 0 aromatic carbocycles. The van der Waals surface area contributed by atoms with Crippen LogP contribution in [0.25, 0.3) is 0 Å². The summed E-state index contributed by atoms with van der Waals surface area (Å²) in [5, 5.41) is 0. The third-order valence-corrected chi connectivity index (χ3v) is 3.79. The maximum Gasteiger partial charge on any atom is 0.142 e. The molecule has 3 rings (SSSR count). The van der Waals surface area contributed by atoms with Gasteiger partial charge in [0.25, 0.3) is 0 Å². The Morgan fingerprint density at radius 1 is 1.29 bits per heavy atom. The van der Waals surface area contributed by atoms with E-state index in [0.29, 0.717) is 0 Å². The number of hydrogen-bond acceptors (Lipinski definition) is 5. The molecule has 92 valence electrons. The maximum atomic E-state index is 5.39. The standard InChI is InChI=1S/C12H19N5/c13-15-11-4-1-5-12(14-11)17-8-7-16-6-2-3-10(16)9-17/h1,4-5,10H,2-3,6-9,13H2,(H,14,15). The molecule has 2 fully saturated rings. The van der Waals surface area contributed by atoms with E-state index in [-0.39, 0.29) is 0 Å². The number of fused-ring (bicyclic) bond motifs is 1. The van der Waals surface area contributed by atoms with E-state index in [0.717, 1.165) is 37.3 Å². The van der Waals surface area contributed by atoms with Gasteiger partial charge in [-0.25, -0.2) is 10.8 Å². The van der Waals surface area contributed by atoms with Crippen molar-refractivity contribution in [1.82, 2.24) is 9.88 Å². The van der Waals surface area contributed by atoms with Gasteiger partial charge < -0.3 is 10.3 Å². The summed E-state index contributed by atoms with van der Waals surface area (Å²) in [5.74, 6) is 7.16. The van der Waals surface area contributed by atoms with Crippen molar-refractivity contribution in [2.45, 2.75) is 18.9 Å². The van der Waals surface area contributed by atoms with E-state index in [9.17, 15) is 0 Å². The molecule has 0 aliphatic carbocycles. The topological polar surface area (TPSA) is 57.4 Å². The Bertz CT molecular complexity index is 394. The van der Waals surface area contributed by atoms with Gasteiger partial charge in [0.15, 0.2) is 0 Å². The fourth-order valence-corrected chi connectivity index (χ4v) is 2.88. The van der Waals surface area contributed by atoms with Gasteiger partial charge in [0.2, 0.25) is 0 Å². The van der Waals surface area contributed by atoms with Gasteiger partial charge in [-0.2, -0.15) is 0 Å². The Kier molecular flexibility index (Phi) is 2.86. The van der Waals surface area contributed by atoms with Crippen molar-refractivity contribution in [2.75, 3.05) is 36.5 Å². The summed E-state index contributed by atoms with van der Waals surface area (Å²) in [5.41, 5.74) is 2.60. The molecule has 2 saturated heterocycles. The molecule has 0 radical (unpaired) electrons. The van der Waals surface area contributed by atoms with Gasteiger partial charge in [0.05, 0.1) is 0 Å². The number of rotatable bonds is 2. The summed E-state index contributed by atoms with van der Waals surface area (Å²) < 4.78 is 0. The second-order valence-corrected chi connectivity index (χ2v) is 4.80. The minimum absolute atomic E-state index is 0.722. The number of pyridine rings is 1. The maximum absolute atomic E-state index is 5.39. The third kappa shape index (κ3) is 2.08. The molecule has 1 aromatic heterocycles. The van der Waals surface area contributed by atoms with Crippen molar-refractivity contribution in [1.29, 1.82) is 0 Å². The van der Waals surface area contributed by atoms with E-state index < -0.39 is 0 Å². The molecule has 0 bridgehead atoms. The molecule has 1 atom stereocenters. The minimum Gasteiger partial charge on any atom is -0.354 e. The number of piperazine rings is 1. The summed E-state index contributed by atoms with van der Waals surface area (Å²) in [7, 11) is 0. The molecule has 1 unspecified atom stereocenters. The Morgan fingerprint density at radius 3 is 3.12 bits per heavy atom. The number of aromatic nitrogens is 1. The molecule has 1 aromatic rings. The van der Waals surface area contributed by atoms with Gasteiger partial charge in [-0.1, -0.05) is 6.07 Å². The van der Waals surface area contributed by atoms with Gasteiger partial charge in [0, 0.05) is 25.7 Å². The summed E-state index contributed by atoms with van der Waals surface area (Å²) in [6, 6.07) is 6.67.